The van der Waals surface area contributed by atoms with Gasteiger partial charge in [0.15, 0.2) is 5.76 Å². The van der Waals surface area contributed by atoms with Gasteiger partial charge in [-0.3, -0.25) is 9.80 Å². The smallest absolute Gasteiger partial charge is 0.241 e. The number of aromatic nitrogens is 2. The number of aliphatic hydroxyl groups excluding tert-OH is 1. The highest BCUT2D eigenvalue weighted by Gasteiger charge is 2.18. The lowest BCUT2D eigenvalue weighted by Crippen LogP contribution is -2.43. The normalized spacial score (nSPS) is 17.7. The Morgan fingerprint density at radius 3 is 2.96 bits per heavy atom. The van der Waals surface area contributed by atoms with E-state index >= 15 is 0 Å². The van der Waals surface area contributed by atoms with Crippen molar-refractivity contribution in [3.8, 4) is 11.6 Å². The molecule has 23 heavy (non-hydrogen) atoms. The Balaban J connectivity index is 1.46. The number of likely N-dealkylation sites (N-methyl/N-ethyl adjacent to an activating group) is 1. The zero-order valence-electron chi connectivity index (χ0n) is 13.2. The first-order valence-corrected chi connectivity index (χ1v) is 7.74. The third kappa shape index (κ3) is 4.61. The lowest BCUT2D eigenvalue weighted by Gasteiger charge is -2.29. The molecule has 2 aromatic heterocycles. The van der Waals surface area contributed by atoms with Gasteiger partial charge in [0.05, 0.1) is 32.1 Å². The van der Waals surface area contributed by atoms with Crippen molar-refractivity contribution in [2.45, 2.75) is 12.6 Å². The lowest BCUT2D eigenvalue weighted by molar-refractivity contribution is 0.00773. The van der Waals surface area contributed by atoms with E-state index in [4.69, 9.17) is 13.7 Å². The lowest BCUT2D eigenvalue weighted by atomic mass is 10.3. The molecule has 0 saturated carbocycles. The number of β-amino-alcohol motifs (C(OH)–C–C–N with tert-alkyl or cyclic N) is 1. The van der Waals surface area contributed by atoms with Gasteiger partial charge in [0.2, 0.25) is 11.7 Å². The van der Waals surface area contributed by atoms with Gasteiger partial charge in [-0.2, -0.15) is 4.98 Å². The van der Waals surface area contributed by atoms with E-state index in [-0.39, 0.29) is 0 Å². The molecule has 0 radical (unpaired) electrons. The average molecular weight is 322 g/mol. The Morgan fingerprint density at radius 2 is 2.22 bits per heavy atom. The summed E-state index contributed by atoms with van der Waals surface area (Å²) in [6, 6.07) is 3.56. The molecule has 3 heterocycles. The molecular formula is C15H22N4O4. The van der Waals surface area contributed by atoms with E-state index in [0.717, 1.165) is 26.3 Å². The standard InChI is InChI=1S/C15H22N4O4/c1-18(9-12(20)10-19-4-7-21-8-5-19)11-14-16-15(17-23-14)13-3-2-6-22-13/h2-3,6,12,20H,4-5,7-11H2,1H3. The van der Waals surface area contributed by atoms with Gasteiger partial charge in [-0.15, -0.1) is 0 Å². The van der Waals surface area contributed by atoms with Gasteiger partial charge >= 0.3 is 0 Å². The molecule has 1 N–H and O–H groups in total. The van der Waals surface area contributed by atoms with Crippen molar-refractivity contribution in [2.75, 3.05) is 46.4 Å². The number of rotatable bonds is 7. The molecule has 1 atom stereocenters. The number of aliphatic hydroxyl groups is 1. The Labute approximate surface area is 134 Å². The molecule has 2 aromatic rings. The summed E-state index contributed by atoms with van der Waals surface area (Å²) in [6.07, 6.45) is 1.14. The largest absolute Gasteiger partial charge is 0.461 e. The van der Waals surface area contributed by atoms with Gasteiger partial charge < -0.3 is 18.8 Å². The number of nitrogens with zero attached hydrogens (tertiary/aromatic N) is 4. The fraction of sp³-hybridized carbons (Fsp3) is 0.600. The maximum Gasteiger partial charge on any atom is 0.241 e. The van der Waals surface area contributed by atoms with Crippen LogP contribution in [0.5, 0.6) is 0 Å². The molecule has 3 rings (SSSR count). The van der Waals surface area contributed by atoms with E-state index in [1.165, 1.54) is 0 Å². The quantitative estimate of drug-likeness (QED) is 0.786. The van der Waals surface area contributed by atoms with Crippen LogP contribution in [0.2, 0.25) is 0 Å². The van der Waals surface area contributed by atoms with Crippen LogP contribution in [0.3, 0.4) is 0 Å². The maximum absolute atomic E-state index is 10.2. The molecule has 1 aliphatic rings. The van der Waals surface area contributed by atoms with E-state index < -0.39 is 6.10 Å². The SMILES string of the molecule is CN(Cc1nc(-c2ccco2)no1)CC(O)CN1CCOCC1. The highest BCUT2D eigenvalue weighted by Crippen LogP contribution is 2.16. The van der Waals surface area contributed by atoms with Crippen LogP contribution in [0, 0.1) is 0 Å². The van der Waals surface area contributed by atoms with Crippen LogP contribution >= 0.6 is 0 Å². The molecule has 8 nitrogen and oxygen atoms in total. The van der Waals surface area contributed by atoms with Crippen LogP contribution in [0.4, 0.5) is 0 Å². The van der Waals surface area contributed by atoms with Gasteiger partial charge in [-0.1, -0.05) is 5.16 Å². The Hall–Kier alpha value is -1.74. The van der Waals surface area contributed by atoms with Crippen LogP contribution in [-0.2, 0) is 11.3 Å². The van der Waals surface area contributed by atoms with Crippen molar-refractivity contribution in [3.05, 3.63) is 24.3 Å². The highest BCUT2D eigenvalue weighted by molar-refractivity contribution is 5.44. The zero-order chi connectivity index (χ0) is 16.1. The molecule has 0 amide bonds. The zero-order valence-corrected chi connectivity index (χ0v) is 13.2. The van der Waals surface area contributed by atoms with Gasteiger partial charge in [0, 0.05) is 26.2 Å². The first-order valence-electron chi connectivity index (χ1n) is 7.74. The molecular weight excluding hydrogens is 300 g/mol. The van der Waals surface area contributed by atoms with Crippen molar-refractivity contribution in [1.29, 1.82) is 0 Å². The summed E-state index contributed by atoms with van der Waals surface area (Å²) < 4.78 is 15.8. The highest BCUT2D eigenvalue weighted by atomic mass is 16.5. The molecule has 0 aliphatic carbocycles. The average Bonchev–Trinajstić information content (AvgIpc) is 3.18. The molecule has 1 saturated heterocycles. The fourth-order valence-electron chi connectivity index (χ4n) is 2.62. The summed E-state index contributed by atoms with van der Waals surface area (Å²) >= 11 is 0. The van der Waals surface area contributed by atoms with Gasteiger partial charge in [-0.25, -0.2) is 0 Å². The van der Waals surface area contributed by atoms with Crippen LogP contribution < -0.4 is 0 Å². The minimum atomic E-state index is -0.425. The summed E-state index contributed by atoms with van der Waals surface area (Å²) in [7, 11) is 1.92. The van der Waals surface area contributed by atoms with E-state index in [9.17, 15) is 5.11 Å². The molecule has 1 aliphatic heterocycles. The maximum atomic E-state index is 10.2. The molecule has 126 valence electrons. The first-order chi connectivity index (χ1) is 11.2. The molecule has 0 spiro atoms. The van der Waals surface area contributed by atoms with Crippen LogP contribution in [0.1, 0.15) is 5.89 Å². The van der Waals surface area contributed by atoms with Crippen LogP contribution in [0.25, 0.3) is 11.6 Å². The van der Waals surface area contributed by atoms with Gasteiger partial charge in [-0.05, 0) is 19.2 Å². The van der Waals surface area contributed by atoms with E-state index in [2.05, 4.69) is 15.0 Å². The number of morpholine rings is 1. The van der Waals surface area contributed by atoms with Crippen LogP contribution in [0.15, 0.2) is 27.3 Å². The summed E-state index contributed by atoms with van der Waals surface area (Å²) in [5.74, 6) is 1.51. The second-order valence-corrected chi connectivity index (χ2v) is 5.75. The predicted octanol–water partition coefficient (Wildman–Crippen LogP) is 0.454. The van der Waals surface area contributed by atoms with Crippen molar-refractivity contribution >= 4 is 0 Å². The molecule has 8 heteroatoms. The van der Waals surface area contributed by atoms with Crippen molar-refractivity contribution < 1.29 is 18.8 Å². The van der Waals surface area contributed by atoms with Crippen molar-refractivity contribution in [3.63, 3.8) is 0 Å². The molecule has 1 fully saturated rings. The monoisotopic (exact) mass is 322 g/mol. The number of hydrogen-bond donors (Lipinski definition) is 1. The molecule has 0 aromatic carbocycles. The van der Waals surface area contributed by atoms with E-state index in [1.807, 2.05) is 11.9 Å². The Kier molecular flexibility index (Phi) is 5.39. The number of ether oxygens (including phenoxy) is 1. The van der Waals surface area contributed by atoms with E-state index in [1.54, 1.807) is 18.4 Å². The Morgan fingerprint density at radius 1 is 1.39 bits per heavy atom. The number of furan rings is 1. The third-order valence-corrected chi connectivity index (χ3v) is 3.71. The second-order valence-electron chi connectivity index (χ2n) is 5.75. The van der Waals surface area contributed by atoms with E-state index in [0.29, 0.717) is 37.1 Å². The summed E-state index contributed by atoms with van der Waals surface area (Å²) in [4.78, 5) is 8.47. The topological polar surface area (TPSA) is 88.0 Å². The fourth-order valence-corrected chi connectivity index (χ4v) is 2.62. The van der Waals surface area contributed by atoms with Gasteiger partial charge in [0.1, 0.15) is 0 Å². The summed E-state index contributed by atoms with van der Waals surface area (Å²) in [6.45, 7) is 4.88. The predicted molar refractivity (Wildman–Crippen MR) is 81.6 cm³/mol. The minimum absolute atomic E-state index is 0.425. The van der Waals surface area contributed by atoms with Crippen LogP contribution in [-0.4, -0.2) is 77.6 Å². The number of hydrogen-bond acceptors (Lipinski definition) is 8. The van der Waals surface area contributed by atoms with Crippen molar-refractivity contribution in [1.82, 2.24) is 19.9 Å². The first kappa shape index (κ1) is 16.1. The minimum Gasteiger partial charge on any atom is -0.461 e. The third-order valence-electron chi connectivity index (χ3n) is 3.71. The molecule has 1 unspecified atom stereocenters. The Bertz CT molecular complexity index is 580. The molecule has 0 bridgehead atoms. The van der Waals surface area contributed by atoms with Crippen molar-refractivity contribution in [2.24, 2.45) is 0 Å². The second kappa shape index (κ2) is 7.69. The van der Waals surface area contributed by atoms with Gasteiger partial charge in [0.25, 0.3) is 0 Å². The summed E-state index contributed by atoms with van der Waals surface area (Å²) in [5, 5.41) is 14.1. The summed E-state index contributed by atoms with van der Waals surface area (Å²) in [5.41, 5.74) is 0.